The molecule has 4 aromatic rings. The molecule has 0 amide bonds. The second-order valence-electron chi connectivity index (χ2n) is 7.19. The molecule has 0 unspecified atom stereocenters. The fourth-order valence-corrected chi connectivity index (χ4v) is 4.74. The van der Waals surface area contributed by atoms with E-state index >= 15 is 0 Å². The molecule has 0 radical (unpaired) electrons. The van der Waals surface area contributed by atoms with Gasteiger partial charge in [-0.1, -0.05) is 0 Å². The van der Waals surface area contributed by atoms with Gasteiger partial charge in [0.25, 0.3) is 25.9 Å². The van der Waals surface area contributed by atoms with Gasteiger partial charge in [0.2, 0.25) is 11.7 Å². The van der Waals surface area contributed by atoms with Crippen LogP contribution in [0, 0.1) is 0 Å². The first-order chi connectivity index (χ1) is 18.1. The van der Waals surface area contributed by atoms with Crippen molar-refractivity contribution in [2.24, 2.45) is 0 Å². The van der Waals surface area contributed by atoms with Crippen molar-refractivity contribution in [3.8, 4) is 11.6 Å². The Bertz CT molecular complexity index is 1580. The van der Waals surface area contributed by atoms with Gasteiger partial charge in [0.1, 0.15) is 6.33 Å². The van der Waals surface area contributed by atoms with E-state index in [1.165, 1.54) is 81.5 Å². The molecule has 14 nitrogen and oxygen atoms in total. The molecule has 2 aromatic heterocycles. The van der Waals surface area contributed by atoms with E-state index in [4.69, 9.17) is 20.9 Å². The topological polar surface area (TPSA) is 214 Å². The van der Waals surface area contributed by atoms with Gasteiger partial charge in [-0.15, -0.1) is 0 Å². The molecule has 202 valence electrons. The quantitative estimate of drug-likeness (QED) is 0.169. The summed E-state index contributed by atoms with van der Waals surface area (Å²) in [5.74, 6) is 0.243. The van der Waals surface area contributed by atoms with Crippen LogP contribution < -0.4 is 30.4 Å². The normalized spacial score (nSPS) is 10.7. The Morgan fingerprint density at radius 3 is 1.64 bits per heavy atom. The molecule has 0 saturated heterocycles. The Morgan fingerprint density at radius 1 is 0.692 bits per heavy atom. The summed E-state index contributed by atoms with van der Waals surface area (Å²) in [4.78, 5) is 15.4. The van der Waals surface area contributed by atoms with E-state index in [0.29, 0.717) is 11.4 Å². The van der Waals surface area contributed by atoms with E-state index in [1.54, 1.807) is 6.07 Å². The number of methoxy groups -OCH3 is 2. The number of nitrogen functional groups attached to an aromatic ring is 2. The van der Waals surface area contributed by atoms with Crippen molar-refractivity contribution >= 4 is 72.7 Å². The van der Waals surface area contributed by atoms with Crippen LogP contribution in [-0.4, -0.2) is 80.5 Å². The molecule has 0 saturated carbocycles. The van der Waals surface area contributed by atoms with E-state index < -0.39 is 20.0 Å². The number of ether oxygens (including phenoxy) is 2. The van der Waals surface area contributed by atoms with Crippen LogP contribution in [0.25, 0.3) is 0 Å². The summed E-state index contributed by atoms with van der Waals surface area (Å²) in [6.07, 6.45) is 4.07. The second kappa shape index (κ2) is 13.9. The Hall–Kier alpha value is -3.70. The molecular formula is C22H25N8NaO6S2. The number of benzene rings is 2. The third-order valence-corrected chi connectivity index (χ3v) is 7.27. The average molecular weight is 585 g/mol. The zero-order chi connectivity index (χ0) is 27.8. The molecule has 0 aliphatic heterocycles. The van der Waals surface area contributed by atoms with Gasteiger partial charge >= 0.3 is 29.6 Å². The fraction of sp³-hybridized carbons (Fsp3) is 0.0909. The van der Waals surface area contributed by atoms with Crippen molar-refractivity contribution in [3.05, 3.63) is 73.3 Å². The molecule has 0 atom stereocenters. The van der Waals surface area contributed by atoms with Crippen molar-refractivity contribution in [1.29, 1.82) is 0 Å². The number of nitrogens with zero attached hydrogens (tertiary/aromatic N) is 4. The van der Waals surface area contributed by atoms with Gasteiger partial charge in [-0.2, -0.15) is 4.98 Å². The predicted octanol–water partition coefficient (Wildman–Crippen LogP) is 1.09. The molecule has 0 fully saturated rings. The van der Waals surface area contributed by atoms with Gasteiger partial charge in [-0.25, -0.2) is 36.5 Å². The van der Waals surface area contributed by atoms with Gasteiger partial charge in [0, 0.05) is 23.8 Å². The Balaban J connectivity index is 0.000000272. The Labute approximate surface area is 247 Å². The van der Waals surface area contributed by atoms with Crippen LogP contribution in [0.2, 0.25) is 0 Å². The molecule has 4 rings (SSSR count). The van der Waals surface area contributed by atoms with Gasteiger partial charge in [-0.05, 0) is 54.6 Å². The van der Waals surface area contributed by atoms with Crippen molar-refractivity contribution < 1.29 is 26.3 Å². The van der Waals surface area contributed by atoms with Crippen molar-refractivity contribution in [1.82, 2.24) is 19.9 Å². The summed E-state index contributed by atoms with van der Waals surface area (Å²) < 4.78 is 62.9. The number of rotatable bonds is 8. The van der Waals surface area contributed by atoms with Gasteiger partial charge in [-0.3, -0.25) is 4.72 Å². The van der Waals surface area contributed by atoms with Crippen LogP contribution in [0.3, 0.4) is 0 Å². The molecular weight excluding hydrogens is 559 g/mol. The molecule has 39 heavy (non-hydrogen) atoms. The van der Waals surface area contributed by atoms with Gasteiger partial charge < -0.3 is 20.9 Å². The maximum atomic E-state index is 12.3. The van der Waals surface area contributed by atoms with E-state index in [1.807, 2.05) is 0 Å². The summed E-state index contributed by atoms with van der Waals surface area (Å²) in [6, 6.07) is 13.2. The number of aromatic nitrogens is 4. The first-order valence-electron chi connectivity index (χ1n) is 10.5. The summed E-state index contributed by atoms with van der Waals surface area (Å²) in [7, 11) is -4.72. The molecule has 6 N–H and O–H groups in total. The Kier molecular flexibility index (Phi) is 11.2. The number of sulfonamides is 2. The van der Waals surface area contributed by atoms with E-state index in [9.17, 15) is 16.8 Å². The first-order valence-corrected chi connectivity index (χ1v) is 13.5. The van der Waals surface area contributed by atoms with Crippen LogP contribution in [0.1, 0.15) is 0 Å². The van der Waals surface area contributed by atoms with Crippen LogP contribution in [0.15, 0.2) is 83.1 Å². The Morgan fingerprint density at radius 2 is 1.18 bits per heavy atom. The maximum absolute atomic E-state index is 12.3. The third kappa shape index (κ3) is 8.66. The van der Waals surface area contributed by atoms with Crippen molar-refractivity contribution in [3.63, 3.8) is 0 Å². The first kappa shape index (κ1) is 31.5. The van der Waals surface area contributed by atoms with Crippen LogP contribution in [-0.2, 0) is 20.0 Å². The van der Waals surface area contributed by atoms with Crippen LogP contribution in [0.4, 0.5) is 23.1 Å². The molecule has 0 aliphatic rings. The van der Waals surface area contributed by atoms with E-state index in [-0.39, 0.29) is 62.7 Å². The summed E-state index contributed by atoms with van der Waals surface area (Å²) >= 11 is 0. The molecule has 0 aliphatic carbocycles. The minimum absolute atomic E-state index is 0. The number of hydrogen-bond acceptors (Lipinski definition) is 12. The number of nitrogens with one attached hydrogen (secondary N) is 2. The van der Waals surface area contributed by atoms with E-state index in [0.717, 1.165) is 0 Å². The number of anilines is 4. The van der Waals surface area contributed by atoms with Gasteiger partial charge in [0.15, 0.2) is 5.82 Å². The zero-order valence-corrected chi connectivity index (χ0v) is 21.8. The SMILES string of the molecule is COc1ncnc(NS(=O)(=O)c2ccc(N)cc2)c1OC.Nc1ccc(S(=O)(=O)Nc2ncccn2)cc1.[NaH]. The molecule has 0 bridgehead atoms. The summed E-state index contributed by atoms with van der Waals surface area (Å²) in [5, 5.41) is 0. The zero-order valence-electron chi connectivity index (χ0n) is 20.1. The van der Waals surface area contributed by atoms with Crippen LogP contribution >= 0.6 is 0 Å². The van der Waals surface area contributed by atoms with Gasteiger partial charge in [0.05, 0.1) is 24.0 Å². The monoisotopic (exact) mass is 584 g/mol. The third-order valence-electron chi connectivity index (χ3n) is 4.57. The molecule has 0 spiro atoms. The standard InChI is InChI=1S/C12H14N4O4S.C10H10N4O2S.Na.H/c1-19-10-11(14-7-15-12(10)20-2)16-21(17,18)9-5-3-8(13)4-6-9;11-8-2-4-9(5-3-8)17(15,16)14-10-12-6-1-7-13-10;;/h3-7H,13H2,1-2H3,(H,14,15,16);1-7H,11H2,(H,12,13,14);;. The summed E-state index contributed by atoms with van der Waals surface area (Å²) in [6.45, 7) is 0. The number of hydrogen-bond donors (Lipinski definition) is 4. The fourth-order valence-electron chi connectivity index (χ4n) is 2.77. The van der Waals surface area contributed by atoms with Crippen LogP contribution in [0.5, 0.6) is 11.6 Å². The average Bonchev–Trinajstić information content (AvgIpc) is 2.89. The number of nitrogens with two attached hydrogens (primary N) is 2. The molecule has 17 heteroatoms. The second-order valence-corrected chi connectivity index (χ2v) is 10.6. The van der Waals surface area contributed by atoms with Crippen molar-refractivity contribution in [2.45, 2.75) is 9.79 Å². The van der Waals surface area contributed by atoms with Crippen molar-refractivity contribution in [2.75, 3.05) is 35.1 Å². The minimum atomic E-state index is -3.82. The summed E-state index contributed by atoms with van der Waals surface area (Å²) in [5.41, 5.74) is 12.0. The molecule has 2 aromatic carbocycles. The molecule has 2 heterocycles. The predicted molar refractivity (Wildman–Crippen MR) is 148 cm³/mol. The van der Waals surface area contributed by atoms with E-state index in [2.05, 4.69) is 29.4 Å².